The van der Waals surface area contributed by atoms with E-state index in [2.05, 4.69) is 0 Å². The van der Waals surface area contributed by atoms with Gasteiger partial charge in [0, 0.05) is 10.6 Å². The molecule has 0 atom stereocenters. The van der Waals surface area contributed by atoms with Crippen molar-refractivity contribution in [1.29, 1.82) is 5.41 Å². The Balaban J connectivity index is 2.15. The van der Waals surface area contributed by atoms with Crippen LogP contribution in [0, 0.1) is 26.2 Å². The van der Waals surface area contributed by atoms with Gasteiger partial charge in [-0.25, -0.2) is 0 Å². The molecule has 0 aliphatic heterocycles. The van der Waals surface area contributed by atoms with Crippen molar-refractivity contribution < 1.29 is 4.74 Å². The third kappa shape index (κ3) is 3.56. The highest BCUT2D eigenvalue weighted by Gasteiger charge is 2.06. The molecule has 110 valence electrons. The van der Waals surface area contributed by atoms with Gasteiger partial charge in [-0.2, -0.15) is 0 Å². The molecular formula is C17H19ClN2O. The van der Waals surface area contributed by atoms with Crippen LogP contribution in [0.3, 0.4) is 0 Å². The van der Waals surface area contributed by atoms with Gasteiger partial charge in [-0.15, -0.1) is 0 Å². The lowest BCUT2D eigenvalue weighted by atomic mass is 10.1. The van der Waals surface area contributed by atoms with Crippen molar-refractivity contribution in [3.05, 3.63) is 63.2 Å². The van der Waals surface area contributed by atoms with Crippen LogP contribution in [0.5, 0.6) is 5.75 Å². The van der Waals surface area contributed by atoms with Crippen LogP contribution in [0.25, 0.3) is 0 Å². The second kappa shape index (κ2) is 6.19. The van der Waals surface area contributed by atoms with Gasteiger partial charge in [-0.05, 0) is 61.2 Å². The summed E-state index contributed by atoms with van der Waals surface area (Å²) >= 11 is 6.15. The standard InChI is InChI=1S/C17H19ClN2O/c1-10-6-13(17(19)20)4-5-14(10)9-21-15-7-11(2)16(18)12(3)8-15/h4-8H,9H2,1-3H3,(H3,19,20). The first kappa shape index (κ1) is 15.4. The van der Waals surface area contributed by atoms with Crippen molar-refractivity contribution in [3.8, 4) is 5.75 Å². The third-order valence-corrected chi connectivity index (χ3v) is 4.05. The highest BCUT2D eigenvalue weighted by atomic mass is 35.5. The first-order chi connectivity index (χ1) is 9.88. The molecule has 0 aliphatic carbocycles. The maximum absolute atomic E-state index is 7.44. The zero-order valence-corrected chi connectivity index (χ0v) is 13.2. The Hall–Kier alpha value is -2.00. The van der Waals surface area contributed by atoms with E-state index < -0.39 is 0 Å². The Morgan fingerprint density at radius 3 is 2.24 bits per heavy atom. The normalized spacial score (nSPS) is 10.5. The van der Waals surface area contributed by atoms with Crippen molar-refractivity contribution in [1.82, 2.24) is 0 Å². The molecule has 2 rings (SSSR count). The fourth-order valence-corrected chi connectivity index (χ4v) is 2.29. The molecule has 0 aromatic heterocycles. The average Bonchev–Trinajstić information content (AvgIpc) is 2.43. The third-order valence-electron chi connectivity index (χ3n) is 3.46. The molecular weight excluding hydrogens is 284 g/mol. The fourth-order valence-electron chi connectivity index (χ4n) is 2.18. The predicted octanol–water partition coefficient (Wildman–Crippen LogP) is 4.13. The van der Waals surface area contributed by atoms with E-state index in [9.17, 15) is 0 Å². The van der Waals surface area contributed by atoms with Crippen molar-refractivity contribution in [2.24, 2.45) is 5.73 Å². The smallest absolute Gasteiger partial charge is 0.122 e. The molecule has 0 unspecified atom stereocenters. The topological polar surface area (TPSA) is 59.1 Å². The monoisotopic (exact) mass is 302 g/mol. The summed E-state index contributed by atoms with van der Waals surface area (Å²) in [5.41, 5.74) is 10.4. The fraction of sp³-hybridized carbons (Fsp3) is 0.235. The molecule has 0 bridgehead atoms. The van der Waals surface area contributed by atoms with Crippen LogP contribution in [0.4, 0.5) is 0 Å². The number of hydrogen-bond acceptors (Lipinski definition) is 2. The first-order valence-corrected chi connectivity index (χ1v) is 7.09. The number of rotatable bonds is 4. The van der Waals surface area contributed by atoms with Gasteiger partial charge >= 0.3 is 0 Å². The molecule has 21 heavy (non-hydrogen) atoms. The molecule has 0 radical (unpaired) electrons. The van der Waals surface area contributed by atoms with Gasteiger partial charge in [-0.3, -0.25) is 5.41 Å². The van der Waals surface area contributed by atoms with E-state index in [-0.39, 0.29) is 5.84 Å². The van der Waals surface area contributed by atoms with Gasteiger partial charge in [0.15, 0.2) is 0 Å². The summed E-state index contributed by atoms with van der Waals surface area (Å²) in [6.45, 7) is 6.40. The molecule has 0 fully saturated rings. The summed E-state index contributed by atoms with van der Waals surface area (Å²) in [4.78, 5) is 0. The number of amidine groups is 1. The lowest BCUT2D eigenvalue weighted by Crippen LogP contribution is -2.11. The van der Waals surface area contributed by atoms with Crippen LogP contribution in [0.2, 0.25) is 5.02 Å². The molecule has 3 nitrogen and oxygen atoms in total. The summed E-state index contributed by atoms with van der Waals surface area (Å²) in [7, 11) is 0. The Labute approximate surface area is 130 Å². The molecule has 3 N–H and O–H groups in total. The van der Waals surface area contributed by atoms with Crippen LogP contribution >= 0.6 is 11.6 Å². The zero-order chi connectivity index (χ0) is 15.6. The van der Waals surface area contributed by atoms with Crippen LogP contribution in [0.1, 0.15) is 27.8 Å². The SMILES string of the molecule is Cc1cc(C(=N)N)ccc1COc1cc(C)c(Cl)c(C)c1. The molecule has 0 amide bonds. The van der Waals surface area contributed by atoms with Crippen molar-refractivity contribution in [2.75, 3.05) is 0 Å². The number of nitrogens with two attached hydrogens (primary N) is 1. The van der Waals surface area contributed by atoms with Crippen LogP contribution in [-0.2, 0) is 6.61 Å². The van der Waals surface area contributed by atoms with Gasteiger partial charge in [0.05, 0.1) is 0 Å². The highest BCUT2D eigenvalue weighted by molar-refractivity contribution is 6.32. The summed E-state index contributed by atoms with van der Waals surface area (Å²) < 4.78 is 5.85. The van der Waals surface area contributed by atoms with Crippen molar-refractivity contribution >= 4 is 17.4 Å². The van der Waals surface area contributed by atoms with E-state index in [1.807, 2.05) is 51.1 Å². The van der Waals surface area contributed by atoms with Crippen molar-refractivity contribution in [3.63, 3.8) is 0 Å². The highest BCUT2D eigenvalue weighted by Crippen LogP contribution is 2.26. The molecule has 0 saturated heterocycles. The quantitative estimate of drug-likeness (QED) is 0.659. The molecule has 0 heterocycles. The number of aryl methyl sites for hydroxylation is 3. The minimum atomic E-state index is 0.0783. The van der Waals surface area contributed by atoms with Gasteiger partial charge in [0.2, 0.25) is 0 Å². The van der Waals surface area contributed by atoms with Crippen LogP contribution in [-0.4, -0.2) is 5.84 Å². The molecule has 2 aromatic rings. The van der Waals surface area contributed by atoms with E-state index in [0.717, 1.165) is 38.6 Å². The average molecular weight is 303 g/mol. The van der Waals surface area contributed by atoms with E-state index in [0.29, 0.717) is 6.61 Å². The number of hydrogen-bond donors (Lipinski definition) is 2. The van der Waals surface area contributed by atoms with E-state index in [1.54, 1.807) is 0 Å². The summed E-state index contributed by atoms with van der Waals surface area (Å²) in [6.07, 6.45) is 0. The second-order valence-electron chi connectivity index (χ2n) is 5.21. The number of nitrogens with one attached hydrogen (secondary N) is 1. The van der Waals surface area contributed by atoms with Crippen molar-refractivity contribution in [2.45, 2.75) is 27.4 Å². The number of benzene rings is 2. The van der Waals surface area contributed by atoms with Crippen LogP contribution < -0.4 is 10.5 Å². The summed E-state index contributed by atoms with van der Waals surface area (Å²) in [5.74, 6) is 0.888. The summed E-state index contributed by atoms with van der Waals surface area (Å²) in [6, 6.07) is 9.57. The minimum absolute atomic E-state index is 0.0783. The maximum Gasteiger partial charge on any atom is 0.122 e. The second-order valence-corrected chi connectivity index (χ2v) is 5.59. The molecule has 0 spiro atoms. The Morgan fingerprint density at radius 2 is 1.71 bits per heavy atom. The minimum Gasteiger partial charge on any atom is -0.489 e. The number of ether oxygens (including phenoxy) is 1. The van der Waals surface area contributed by atoms with Gasteiger partial charge in [0.25, 0.3) is 0 Å². The summed E-state index contributed by atoms with van der Waals surface area (Å²) in [5, 5.41) is 8.22. The molecule has 2 aromatic carbocycles. The number of halogens is 1. The van der Waals surface area contributed by atoms with E-state index in [1.165, 1.54) is 0 Å². The Bertz CT molecular complexity index is 672. The maximum atomic E-state index is 7.44. The van der Waals surface area contributed by atoms with Gasteiger partial charge < -0.3 is 10.5 Å². The largest absolute Gasteiger partial charge is 0.489 e. The molecule has 0 aliphatic rings. The van der Waals surface area contributed by atoms with Gasteiger partial charge in [-0.1, -0.05) is 23.7 Å². The van der Waals surface area contributed by atoms with Crippen LogP contribution in [0.15, 0.2) is 30.3 Å². The Morgan fingerprint density at radius 1 is 1.10 bits per heavy atom. The van der Waals surface area contributed by atoms with Gasteiger partial charge in [0.1, 0.15) is 18.2 Å². The molecule has 0 saturated carbocycles. The zero-order valence-electron chi connectivity index (χ0n) is 12.5. The first-order valence-electron chi connectivity index (χ1n) is 6.72. The molecule has 4 heteroatoms. The lowest BCUT2D eigenvalue weighted by Gasteiger charge is -2.12. The lowest BCUT2D eigenvalue weighted by molar-refractivity contribution is 0.305. The van der Waals surface area contributed by atoms with E-state index in [4.69, 9.17) is 27.5 Å². The van der Waals surface area contributed by atoms with E-state index >= 15 is 0 Å². The number of nitrogen functional groups attached to an aromatic ring is 1. The Kier molecular flexibility index (Phi) is 4.53. The predicted molar refractivity (Wildman–Crippen MR) is 87.5 cm³/mol.